The van der Waals surface area contributed by atoms with Gasteiger partial charge in [0.2, 0.25) is 5.91 Å². The van der Waals surface area contributed by atoms with E-state index in [9.17, 15) is 4.79 Å². The van der Waals surface area contributed by atoms with Gasteiger partial charge in [0, 0.05) is 6.04 Å². The molecule has 0 aliphatic carbocycles. The molecule has 1 aromatic carbocycles. The highest BCUT2D eigenvalue weighted by molar-refractivity contribution is 5.81. The number of nitrogens with zero attached hydrogens (tertiary/aromatic N) is 1. The Hall–Kier alpha value is -1.35. The molecule has 18 heavy (non-hydrogen) atoms. The van der Waals surface area contributed by atoms with Gasteiger partial charge >= 0.3 is 0 Å². The van der Waals surface area contributed by atoms with Crippen molar-refractivity contribution < 1.29 is 4.79 Å². The molecule has 0 aliphatic rings. The molecular weight excluding hydrogens is 224 g/mol. The topological polar surface area (TPSA) is 46.3 Å². The van der Waals surface area contributed by atoms with E-state index in [4.69, 9.17) is 5.73 Å². The molecule has 2 atom stereocenters. The SMILES string of the molecule is CCCC(CC(C(N)=O)c1ccccc1)N(C)C. The maximum atomic E-state index is 11.7. The molecule has 1 rings (SSSR count). The molecule has 0 spiro atoms. The van der Waals surface area contributed by atoms with Crippen LogP contribution in [0.3, 0.4) is 0 Å². The molecule has 0 heterocycles. The van der Waals surface area contributed by atoms with Gasteiger partial charge in [0.05, 0.1) is 5.92 Å². The largest absolute Gasteiger partial charge is 0.369 e. The Morgan fingerprint density at radius 3 is 2.33 bits per heavy atom. The molecule has 0 bridgehead atoms. The smallest absolute Gasteiger partial charge is 0.225 e. The van der Waals surface area contributed by atoms with Gasteiger partial charge in [-0.05, 0) is 32.5 Å². The van der Waals surface area contributed by atoms with Crippen molar-refractivity contribution in [3.63, 3.8) is 0 Å². The lowest BCUT2D eigenvalue weighted by Crippen LogP contribution is -2.33. The summed E-state index contributed by atoms with van der Waals surface area (Å²) in [7, 11) is 4.12. The highest BCUT2D eigenvalue weighted by Crippen LogP contribution is 2.24. The van der Waals surface area contributed by atoms with Crippen LogP contribution in [0.2, 0.25) is 0 Å². The third-order valence-electron chi connectivity index (χ3n) is 3.41. The summed E-state index contributed by atoms with van der Waals surface area (Å²) >= 11 is 0. The lowest BCUT2D eigenvalue weighted by molar-refractivity contribution is -0.119. The van der Waals surface area contributed by atoms with E-state index in [-0.39, 0.29) is 11.8 Å². The van der Waals surface area contributed by atoms with Crippen molar-refractivity contribution in [3.8, 4) is 0 Å². The van der Waals surface area contributed by atoms with E-state index in [1.54, 1.807) is 0 Å². The van der Waals surface area contributed by atoms with Gasteiger partial charge in [0.15, 0.2) is 0 Å². The van der Waals surface area contributed by atoms with Crippen molar-refractivity contribution in [2.75, 3.05) is 14.1 Å². The van der Waals surface area contributed by atoms with Gasteiger partial charge in [-0.3, -0.25) is 4.79 Å². The minimum Gasteiger partial charge on any atom is -0.369 e. The second-order valence-electron chi connectivity index (χ2n) is 5.01. The number of rotatable bonds is 7. The maximum absolute atomic E-state index is 11.7. The number of carbonyl (C=O) groups is 1. The summed E-state index contributed by atoms with van der Waals surface area (Å²) in [6.07, 6.45) is 2.99. The second kappa shape index (κ2) is 7.17. The van der Waals surface area contributed by atoms with Gasteiger partial charge in [0.1, 0.15) is 0 Å². The summed E-state index contributed by atoms with van der Waals surface area (Å²) in [6, 6.07) is 10.2. The second-order valence-corrected chi connectivity index (χ2v) is 5.01. The van der Waals surface area contributed by atoms with E-state index >= 15 is 0 Å². The number of hydrogen-bond acceptors (Lipinski definition) is 2. The minimum atomic E-state index is -0.232. The summed E-state index contributed by atoms with van der Waals surface area (Å²) in [5.41, 5.74) is 6.58. The summed E-state index contributed by atoms with van der Waals surface area (Å²) in [5, 5.41) is 0. The zero-order valence-corrected chi connectivity index (χ0v) is 11.6. The summed E-state index contributed by atoms with van der Waals surface area (Å²) < 4.78 is 0. The molecule has 2 N–H and O–H groups in total. The average molecular weight is 248 g/mol. The third kappa shape index (κ3) is 4.15. The fraction of sp³-hybridized carbons (Fsp3) is 0.533. The molecule has 2 unspecified atom stereocenters. The fourth-order valence-corrected chi connectivity index (χ4v) is 2.29. The van der Waals surface area contributed by atoms with Crippen LogP contribution in [0.1, 0.15) is 37.7 Å². The van der Waals surface area contributed by atoms with Crippen molar-refractivity contribution in [1.82, 2.24) is 4.90 Å². The van der Waals surface area contributed by atoms with Crippen LogP contribution >= 0.6 is 0 Å². The molecule has 3 heteroatoms. The van der Waals surface area contributed by atoms with Crippen LogP contribution in [0, 0.1) is 0 Å². The van der Waals surface area contributed by atoms with Gasteiger partial charge in [-0.2, -0.15) is 0 Å². The zero-order chi connectivity index (χ0) is 13.5. The van der Waals surface area contributed by atoms with Gasteiger partial charge in [0.25, 0.3) is 0 Å². The first-order valence-corrected chi connectivity index (χ1v) is 6.57. The number of benzene rings is 1. The number of nitrogens with two attached hydrogens (primary N) is 1. The van der Waals surface area contributed by atoms with Crippen LogP contribution in [-0.2, 0) is 4.79 Å². The van der Waals surface area contributed by atoms with Crippen molar-refractivity contribution in [2.45, 2.75) is 38.1 Å². The Kier molecular flexibility index (Phi) is 5.86. The number of primary amides is 1. The van der Waals surface area contributed by atoms with Gasteiger partial charge < -0.3 is 10.6 Å². The van der Waals surface area contributed by atoms with E-state index < -0.39 is 0 Å². The zero-order valence-electron chi connectivity index (χ0n) is 11.6. The van der Waals surface area contributed by atoms with Gasteiger partial charge in [-0.1, -0.05) is 43.7 Å². The standard InChI is InChI=1S/C15H24N2O/c1-4-8-13(17(2)3)11-14(15(16)18)12-9-6-5-7-10-12/h5-7,9-10,13-14H,4,8,11H2,1-3H3,(H2,16,18). The van der Waals surface area contributed by atoms with E-state index in [0.717, 1.165) is 24.8 Å². The Balaban J connectivity index is 2.83. The Labute approximate surface area is 110 Å². The van der Waals surface area contributed by atoms with Gasteiger partial charge in [-0.15, -0.1) is 0 Å². The monoisotopic (exact) mass is 248 g/mol. The molecule has 0 saturated heterocycles. The van der Waals surface area contributed by atoms with E-state index in [2.05, 4.69) is 25.9 Å². The summed E-state index contributed by atoms with van der Waals surface area (Å²) in [6.45, 7) is 2.16. The number of carbonyl (C=O) groups excluding carboxylic acids is 1. The van der Waals surface area contributed by atoms with Crippen molar-refractivity contribution in [1.29, 1.82) is 0 Å². The quantitative estimate of drug-likeness (QED) is 0.805. The first kappa shape index (κ1) is 14.7. The van der Waals surface area contributed by atoms with Crippen LogP contribution in [0.4, 0.5) is 0 Å². The third-order valence-corrected chi connectivity index (χ3v) is 3.41. The lowest BCUT2D eigenvalue weighted by atomic mass is 9.89. The predicted molar refractivity (Wildman–Crippen MR) is 75.4 cm³/mol. The van der Waals surface area contributed by atoms with Gasteiger partial charge in [-0.25, -0.2) is 0 Å². The maximum Gasteiger partial charge on any atom is 0.225 e. The highest BCUT2D eigenvalue weighted by Gasteiger charge is 2.23. The van der Waals surface area contributed by atoms with E-state index in [0.29, 0.717) is 6.04 Å². The van der Waals surface area contributed by atoms with Crippen molar-refractivity contribution >= 4 is 5.91 Å². The van der Waals surface area contributed by atoms with Crippen LogP contribution in [0.5, 0.6) is 0 Å². The van der Waals surface area contributed by atoms with Crippen LogP contribution < -0.4 is 5.73 Å². The molecule has 0 saturated carbocycles. The average Bonchev–Trinajstić information content (AvgIpc) is 2.34. The van der Waals surface area contributed by atoms with Crippen LogP contribution in [0.15, 0.2) is 30.3 Å². The molecule has 0 aromatic heterocycles. The lowest BCUT2D eigenvalue weighted by Gasteiger charge is -2.27. The van der Waals surface area contributed by atoms with E-state index in [1.807, 2.05) is 30.3 Å². The molecule has 3 nitrogen and oxygen atoms in total. The van der Waals surface area contributed by atoms with E-state index in [1.165, 1.54) is 0 Å². The molecule has 100 valence electrons. The summed E-state index contributed by atoms with van der Waals surface area (Å²) in [4.78, 5) is 13.8. The van der Waals surface area contributed by atoms with Crippen molar-refractivity contribution in [3.05, 3.63) is 35.9 Å². The first-order valence-electron chi connectivity index (χ1n) is 6.57. The Morgan fingerprint density at radius 2 is 1.89 bits per heavy atom. The first-order chi connectivity index (χ1) is 8.56. The van der Waals surface area contributed by atoms with Crippen LogP contribution in [-0.4, -0.2) is 30.9 Å². The summed E-state index contributed by atoms with van der Waals surface area (Å²) in [5.74, 6) is -0.422. The number of hydrogen-bond donors (Lipinski definition) is 1. The minimum absolute atomic E-state index is 0.190. The highest BCUT2D eigenvalue weighted by atomic mass is 16.1. The fourth-order valence-electron chi connectivity index (χ4n) is 2.29. The van der Waals surface area contributed by atoms with Crippen molar-refractivity contribution in [2.24, 2.45) is 5.73 Å². The Bertz CT molecular complexity index is 362. The number of amides is 1. The molecular formula is C15H24N2O. The molecule has 0 fully saturated rings. The molecule has 1 amide bonds. The predicted octanol–water partition coefficient (Wildman–Crippen LogP) is 2.38. The van der Waals surface area contributed by atoms with Crippen LogP contribution in [0.25, 0.3) is 0 Å². The Morgan fingerprint density at radius 1 is 1.28 bits per heavy atom. The molecule has 0 aliphatic heterocycles. The molecule has 1 aromatic rings. The molecule has 0 radical (unpaired) electrons. The normalized spacial score (nSPS) is 14.4.